The van der Waals surface area contributed by atoms with Crippen molar-refractivity contribution in [1.29, 1.82) is 0 Å². The molecule has 1 aromatic heterocycles. The van der Waals surface area contributed by atoms with E-state index in [-0.39, 0.29) is 28.7 Å². The van der Waals surface area contributed by atoms with E-state index < -0.39 is 4.92 Å². The van der Waals surface area contributed by atoms with Gasteiger partial charge in [0.05, 0.1) is 10.7 Å². The van der Waals surface area contributed by atoms with Gasteiger partial charge in [0.2, 0.25) is 5.91 Å². The molecule has 0 atom stereocenters. The van der Waals surface area contributed by atoms with Gasteiger partial charge >= 0.3 is 5.69 Å². The first kappa shape index (κ1) is 23.0. The summed E-state index contributed by atoms with van der Waals surface area (Å²) in [6.07, 6.45) is 2.63. The van der Waals surface area contributed by atoms with Crippen molar-refractivity contribution in [2.45, 2.75) is 44.7 Å². The van der Waals surface area contributed by atoms with Crippen LogP contribution in [0, 0.1) is 10.1 Å². The number of hydrogen-bond donors (Lipinski definition) is 1. The molecule has 2 aromatic rings. The molecule has 10 heteroatoms. The molecule has 1 aromatic carbocycles. The van der Waals surface area contributed by atoms with Crippen molar-refractivity contribution < 1.29 is 9.72 Å². The van der Waals surface area contributed by atoms with Crippen molar-refractivity contribution >= 4 is 29.0 Å². The van der Waals surface area contributed by atoms with E-state index >= 15 is 0 Å². The molecule has 166 valence electrons. The Bertz CT molecular complexity index is 1020. The second-order valence-electron chi connectivity index (χ2n) is 7.27. The van der Waals surface area contributed by atoms with E-state index in [4.69, 9.17) is 0 Å². The lowest BCUT2D eigenvalue weighted by atomic mass is 10.2. The second kappa shape index (κ2) is 10.5. The molecule has 1 N–H and O–H groups in total. The van der Waals surface area contributed by atoms with Gasteiger partial charge in [0.25, 0.3) is 5.69 Å². The monoisotopic (exact) mass is 445 g/mol. The molecule has 3 rings (SSSR count). The lowest BCUT2D eigenvalue weighted by Gasteiger charge is -2.20. The van der Waals surface area contributed by atoms with Crippen molar-refractivity contribution in [2.75, 3.05) is 30.7 Å². The van der Waals surface area contributed by atoms with Crippen LogP contribution >= 0.6 is 11.8 Å². The van der Waals surface area contributed by atoms with Crippen LogP contribution in [0.4, 0.5) is 11.4 Å². The summed E-state index contributed by atoms with van der Waals surface area (Å²) in [7, 11) is 0. The first-order valence-electron chi connectivity index (χ1n) is 10.5. The van der Waals surface area contributed by atoms with Crippen LogP contribution in [-0.2, 0) is 24.2 Å². The number of amides is 1. The van der Waals surface area contributed by atoms with Gasteiger partial charge in [-0.3, -0.25) is 19.5 Å². The summed E-state index contributed by atoms with van der Waals surface area (Å²) in [5.41, 5.74) is 1.78. The van der Waals surface area contributed by atoms with Gasteiger partial charge in [0.1, 0.15) is 10.7 Å². The van der Waals surface area contributed by atoms with Crippen molar-refractivity contribution in [2.24, 2.45) is 0 Å². The second-order valence-corrected chi connectivity index (χ2v) is 8.23. The molecule has 1 aliphatic carbocycles. The van der Waals surface area contributed by atoms with Gasteiger partial charge in [-0.05, 0) is 38.4 Å². The van der Waals surface area contributed by atoms with Crippen LogP contribution in [0.2, 0.25) is 0 Å². The number of anilines is 1. The zero-order chi connectivity index (χ0) is 22.4. The fourth-order valence-corrected chi connectivity index (χ4v) is 4.65. The van der Waals surface area contributed by atoms with Crippen LogP contribution in [0.1, 0.15) is 31.5 Å². The summed E-state index contributed by atoms with van der Waals surface area (Å²) >= 11 is 1.21. The largest absolute Gasteiger partial charge is 0.348 e. The number of fused-ring (bicyclic) bond motifs is 1. The number of rotatable bonds is 10. The van der Waals surface area contributed by atoms with Crippen LogP contribution < -0.4 is 11.0 Å². The molecular weight excluding hydrogens is 418 g/mol. The maximum atomic E-state index is 12.7. The normalized spacial score (nSPS) is 12.7. The zero-order valence-corrected chi connectivity index (χ0v) is 18.6. The number of para-hydroxylation sites is 2. The Kier molecular flexibility index (Phi) is 7.80. The van der Waals surface area contributed by atoms with Crippen molar-refractivity contribution in [3.05, 3.63) is 56.1 Å². The van der Waals surface area contributed by atoms with Crippen LogP contribution in [0.3, 0.4) is 0 Å². The molecule has 1 heterocycles. The molecule has 0 bridgehead atoms. The fourth-order valence-electron chi connectivity index (χ4n) is 3.78. The SMILES string of the molecule is CCN(CC)CCn1c2c(c(SCC(=O)Nc3ccccc3[N+](=O)[O-])nc1=O)CCC2. The Balaban J connectivity index is 1.71. The third-order valence-electron chi connectivity index (χ3n) is 5.45. The predicted molar refractivity (Wildman–Crippen MR) is 121 cm³/mol. The Morgan fingerprint density at radius 1 is 1.29 bits per heavy atom. The van der Waals surface area contributed by atoms with Gasteiger partial charge in [-0.15, -0.1) is 0 Å². The van der Waals surface area contributed by atoms with Gasteiger partial charge in [0, 0.05) is 30.4 Å². The van der Waals surface area contributed by atoms with Crippen LogP contribution in [0.15, 0.2) is 34.1 Å². The number of thioether (sulfide) groups is 1. The van der Waals surface area contributed by atoms with Crippen LogP contribution in [0.25, 0.3) is 0 Å². The van der Waals surface area contributed by atoms with Gasteiger partial charge in [0.15, 0.2) is 0 Å². The Labute approximate surface area is 185 Å². The molecule has 0 radical (unpaired) electrons. The van der Waals surface area contributed by atoms with E-state index in [0.717, 1.165) is 50.2 Å². The van der Waals surface area contributed by atoms with E-state index in [1.165, 1.54) is 23.9 Å². The average molecular weight is 446 g/mol. The highest BCUT2D eigenvalue weighted by molar-refractivity contribution is 8.00. The number of likely N-dealkylation sites (N-methyl/N-ethyl adjacent to an activating group) is 1. The minimum absolute atomic E-state index is 0.0222. The summed E-state index contributed by atoms with van der Waals surface area (Å²) in [6, 6.07) is 6.01. The fraction of sp³-hybridized carbons (Fsp3) is 0.476. The molecule has 0 spiro atoms. The van der Waals surface area contributed by atoms with Crippen molar-refractivity contribution in [3.63, 3.8) is 0 Å². The predicted octanol–water partition coefficient (Wildman–Crippen LogP) is 2.71. The number of carbonyl (C=O) groups excluding carboxylic acids is 1. The highest BCUT2D eigenvalue weighted by atomic mass is 32.2. The number of hydrogen-bond acceptors (Lipinski definition) is 7. The lowest BCUT2D eigenvalue weighted by molar-refractivity contribution is -0.383. The number of nitrogens with zero attached hydrogens (tertiary/aromatic N) is 4. The molecule has 0 unspecified atom stereocenters. The number of nitrogens with one attached hydrogen (secondary N) is 1. The molecule has 9 nitrogen and oxygen atoms in total. The molecule has 0 fully saturated rings. The summed E-state index contributed by atoms with van der Waals surface area (Å²) in [5, 5.41) is 14.3. The summed E-state index contributed by atoms with van der Waals surface area (Å²) < 4.78 is 1.78. The molecule has 1 aliphatic rings. The Morgan fingerprint density at radius 3 is 2.74 bits per heavy atom. The maximum absolute atomic E-state index is 12.7. The van der Waals surface area contributed by atoms with E-state index in [2.05, 4.69) is 29.0 Å². The van der Waals surface area contributed by atoms with Gasteiger partial charge in [-0.25, -0.2) is 4.79 Å². The average Bonchev–Trinajstić information content (AvgIpc) is 3.24. The lowest BCUT2D eigenvalue weighted by Crippen LogP contribution is -2.34. The Hall–Kier alpha value is -2.72. The van der Waals surface area contributed by atoms with Crippen molar-refractivity contribution in [3.8, 4) is 0 Å². The number of nitro benzene ring substituents is 1. The maximum Gasteiger partial charge on any atom is 0.348 e. The van der Waals surface area contributed by atoms with Crippen LogP contribution in [-0.4, -0.2) is 50.7 Å². The minimum Gasteiger partial charge on any atom is -0.320 e. The van der Waals surface area contributed by atoms with Crippen molar-refractivity contribution in [1.82, 2.24) is 14.5 Å². The van der Waals surface area contributed by atoms with Gasteiger partial charge in [-0.2, -0.15) is 4.98 Å². The van der Waals surface area contributed by atoms with E-state index in [1.807, 2.05) is 0 Å². The molecule has 0 aliphatic heterocycles. The summed E-state index contributed by atoms with van der Waals surface area (Å²) in [4.78, 5) is 42.2. The molecule has 0 saturated carbocycles. The highest BCUT2D eigenvalue weighted by Crippen LogP contribution is 2.30. The number of nitro groups is 1. The third-order valence-corrected chi connectivity index (χ3v) is 6.47. The minimum atomic E-state index is -0.533. The van der Waals surface area contributed by atoms with E-state index in [9.17, 15) is 19.7 Å². The standard InChI is InChI=1S/C21H27N5O4S/c1-3-24(4-2)12-13-25-17-11-7-8-15(17)20(23-21(25)28)31-14-19(27)22-16-9-5-6-10-18(16)26(29)30/h5-6,9-10H,3-4,7-8,11-14H2,1-2H3,(H,22,27). The third kappa shape index (κ3) is 5.50. The topological polar surface area (TPSA) is 110 Å². The first-order valence-corrected chi connectivity index (χ1v) is 11.4. The quantitative estimate of drug-likeness (QED) is 0.259. The van der Waals surface area contributed by atoms with Gasteiger partial charge in [-0.1, -0.05) is 37.7 Å². The number of carbonyl (C=O) groups is 1. The number of aromatic nitrogens is 2. The molecular formula is C21H27N5O4S. The summed E-state index contributed by atoms with van der Waals surface area (Å²) in [5.74, 6) is -0.354. The summed E-state index contributed by atoms with van der Waals surface area (Å²) in [6.45, 7) is 7.48. The smallest absolute Gasteiger partial charge is 0.320 e. The van der Waals surface area contributed by atoms with E-state index in [0.29, 0.717) is 11.6 Å². The molecule has 1 amide bonds. The first-order chi connectivity index (χ1) is 14.9. The molecule has 31 heavy (non-hydrogen) atoms. The van der Waals surface area contributed by atoms with E-state index in [1.54, 1.807) is 16.7 Å². The van der Waals surface area contributed by atoms with Crippen LogP contribution in [0.5, 0.6) is 0 Å². The number of benzene rings is 1. The Morgan fingerprint density at radius 2 is 2.03 bits per heavy atom. The van der Waals surface area contributed by atoms with Gasteiger partial charge < -0.3 is 10.2 Å². The molecule has 0 saturated heterocycles. The highest BCUT2D eigenvalue weighted by Gasteiger charge is 2.23. The zero-order valence-electron chi connectivity index (χ0n) is 17.8.